The summed E-state index contributed by atoms with van der Waals surface area (Å²) in [6.45, 7) is 4.44. The molecule has 3 rings (SSSR count). The van der Waals surface area contributed by atoms with Crippen LogP contribution in [0.3, 0.4) is 0 Å². The van der Waals surface area contributed by atoms with Gasteiger partial charge in [-0.15, -0.1) is 11.3 Å². The molecular formula is C19H22N4O4S. The lowest BCUT2D eigenvalue weighted by atomic mass is 10.2. The van der Waals surface area contributed by atoms with Crippen LogP contribution in [0.5, 0.6) is 0 Å². The zero-order valence-electron chi connectivity index (χ0n) is 15.8. The van der Waals surface area contributed by atoms with Gasteiger partial charge in [0.15, 0.2) is 0 Å². The van der Waals surface area contributed by atoms with Crippen molar-refractivity contribution in [2.75, 3.05) is 6.54 Å². The summed E-state index contributed by atoms with van der Waals surface area (Å²) in [7, 11) is 0. The number of amides is 2. The molecule has 3 aromatic heterocycles. The first-order valence-electron chi connectivity index (χ1n) is 8.96. The Morgan fingerprint density at radius 3 is 2.82 bits per heavy atom. The Kier molecular flexibility index (Phi) is 6.25. The normalized spacial score (nSPS) is 10.9. The van der Waals surface area contributed by atoms with Crippen molar-refractivity contribution < 1.29 is 14.0 Å². The minimum absolute atomic E-state index is 0.0964. The molecule has 0 bridgehead atoms. The third-order valence-electron chi connectivity index (χ3n) is 4.41. The second kappa shape index (κ2) is 8.83. The van der Waals surface area contributed by atoms with Gasteiger partial charge in [0.2, 0.25) is 11.8 Å². The van der Waals surface area contributed by atoms with E-state index < -0.39 is 0 Å². The molecule has 0 fully saturated rings. The Morgan fingerprint density at radius 1 is 1.25 bits per heavy atom. The molecule has 148 valence electrons. The second-order valence-electron chi connectivity index (χ2n) is 6.45. The highest BCUT2D eigenvalue weighted by Crippen LogP contribution is 2.25. The summed E-state index contributed by atoms with van der Waals surface area (Å²) in [6.07, 6.45) is 3.75. The molecule has 0 spiro atoms. The molecule has 0 atom stereocenters. The number of hydrogen-bond acceptors (Lipinski definition) is 6. The predicted molar refractivity (Wildman–Crippen MR) is 106 cm³/mol. The van der Waals surface area contributed by atoms with E-state index in [9.17, 15) is 14.4 Å². The quantitative estimate of drug-likeness (QED) is 0.560. The zero-order chi connectivity index (χ0) is 20.1. The van der Waals surface area contributed by atoms with Gasteiger partial charge in [-0.1, -0.05) is 0 Å². The number of thiophene rings is 1. The van der Waals surface area contributed by atoms with Gasteiger partial charge in [0.05, 0.1) is 24.5 Å². The number of nitrogens with one attached hydrogen (secondary N) is 2. The predicted octanol–water partition coefficient (Wildman–Crippen LogP) is 1.88. The third kappa shape index (κ3) is 4.66. The number of furan rings is 1. The molecule has 2 N–H and O–H groups in total. The summed E-state index contributed by atoms with van der Waals surface area (Å²) in [5, 5.41) is 6.05. The van der Waals surface area contributed by atoms with Crippen LogP contribution < -0.4 is 16.2 Å². The first kappa shape index (κ1) is 19.8. The highest BCUT2D eigenvalue weighted by Gasteiger charge is 2.13. The fourth-order valence-corrected chi connectivity index (χ4v) is 3.74. The lowest BCUT2D eigenvalue weighted by Crippen LogP contribution is -2.33. The summed E-state index contributed by atoms with van der Waals surface area (Å²) >= 11 is 1.47. The molecule has 9 heteroatoms. The molecule has 0 aromatic carbocycles. The number of carbonyl (C=O) groups is 2. The van der Waals surface area contributed by atoms with Crippen LogP contribution in [0.25, 0.3) is 10.2 Å². The van der Waals surface area contributed by atoms with Crippen molar-refractivity contribution in [1.82, 2.24) is 20.2 Å². The molecule has 2 amide bonds. The van der Waals surface area contributed by atoms with Crippen molar-refractivity contribution in [3.05, 3.63) is 51.3 Å². The molecule has 0 aliphatic carbocycles. The minimum Gasteiger partial charge on any atom is -0.467 e. The molecule has 0 saturated heterocycles. The molecule has 0 aliphatic heterocycles. The number of nitrogens with zero attached hydrogens (tertiary/aromatic N) is 2. The molecular weight excluding hydrogens is 380 g/mol. The van der Waals surface area contributed by atoms with Gasteiger partial charge in [0.25, 0.3) is 5.56 Å². The SMILES string of the molecule is Cc1sc2ncn(CC(=O)NCCCC(=O)NCc3ccco3)c(=O)c2c1C. The number of aryl methyl sites for hydroxylation is 2. The lowest BCUT2D eigenvalue weighted by molar-refractivity contribution is -0.123. The third-order valence-corrected chi connectivity index (χ3v) is 5.53. The van der Waals surface area contributed by atoms with Crippen molar-refractivity contribution in [2.24, 2.45) is 0 Å². The van der Waals surface area contributed by atoms with E-state index in [4.69, 9.17) is 4.42 Å². The van der Waals surface area contributed by atoms with Crippen LogP contribution in [-0.4, -0.2) is 27.9 Å². The van der Waals surface area contributed by atoms with E-state index in [1.54, 1.807) is 18.4 Å². The van der Waals surface area contributed by atoms with E-state index in [1.807, 2.05) is 13.8 Å². The van der Waals surface area contributed by atoms with Crippen LogP contribution in [-0.2, 0) is 22.7 Å². The van der Waals surface area contributed by atoms with E-state index in [0.717, 1.165) is 10.4 Å². The highest BCUT2D eigenvalue weighted by molar-refractivity contribution is 7.18. The number of rotatable bonds is 8. The van der Waals surface area contributed by atoms with Crippen molar-refractivity contribution in [3.8, 4) is 0 Å². The number of fused-ring (bicyclic) bond motifs is 1. The van der Waals surface area contributed by atoms with Gasteiger partial charge in [0.1, 0.15) is 17.1 Å². The van der Waals surface area contributed by atoms with Gasteiger partial charge in [-0.2, -0.15) is 0 Å². The monoisotopic (exact) mass is 402 g/mol. The zero-order valence-corrected chi connectivity index (χ0v) is 16.6. The molecule has 0 radical (unpaired) electrons. The smallest absolute Gasteiger partial charge is 0.262 e. The van der Waals surface area contributed by atoms with Crippen LogP contribution in [0.2, 0.25) is 0 Å². The van der Waals surface area contributed by atoms with Gasteiger partial charge in [-0.25, -0.2) is 4.98 Å². The largest absolute Gasteiger partial charge is 0.467 e. The van der Waals surface area contributed by atoms with Gasteiger partial charge in [-0.05, 0) is 38.0 Å². The maximum absolute atomic E-state index is 12.6. The van der Waals surface area contributed by atoms with Gasteiger partial charge in [-0.3, -0.25) is 19.0 Å². The molecule has 3 aromatic rings. The Balaban J connectivity index is 1.44. The molecule has 0 unspecified atom stereocenters. The summed E-state index contributed by atoms with van der Waals surface area (Å²) in [5.74, 6) is 0.289. The Morgan fingerprint density at radius 2 is 2.07 bits per heavy atom. The topological polar surface area (TPSA) is 106 Å². The second-order valence-corrected chi connectivity index (χ2v) is 7.65. The Labute approximate surface area is 165 Å². The molecule has 8 nitrogen and oxygen atoms in total. The Hall–Kier alpha value is -2.94. The van der Waals surface area contributed by atoms with E-state index in [0.29, 0.717) is 41.9 Å². The summed E-state index contributed by atoms with van der Waals surface area (Å²) in [6, 6.07) is 3.55. The van der Waals surface area contributed by atoms with Gasteiger partial charge >= 0.3 is 0 Å². The van der Waals surface area contributed by atoms with Crippen molar-refractivity contribution >= 4 is 33.4 Å². The summed E-state index contributed by atoms with van der Waals surface area (Å²) in [5.41, 5.74) is 0.701. The molecule has 0 aliphatic rings. The van der Waals surface area contributed by atoms with Crippen LogP contribution in [0.4, 0.5) is 0 Å². The maximum atomic E-state index is 12.6. The molecule has 3 heterocycles. The molecule has 28 heavy (non-hydrogen) atoms. The summed E-state index contributed by atoms with van der Waals surface area (Å²) < 4.78 is 6.45. The average molecular weight is 402 g/mol. The summed E-state index contributed by atoms with van der Waals surface area (Å²) in [4.78, 5) is 42.5. The Bertz CT molecular complexity index is 1040. The van der Waals surface area contributed by atoms with Crippen LogP contribution in [0.15, 0.2) is 33.9 Å². The van der Waals surface area contributed by atoms with E-state index in [1.165, 1.54) is 22.2 Å². The fraction of sp³-hybridized carbons (Fsp3) is 0.368. The average Bonchev–Trinajstić information content (AvgIpc) is 3.28. The van der Waals surface area contributed by atoms with Gasteiger partial charge < -0.3 is 15.1 Å². The lowest BCUT2D eigenvalue weighted by Gasteiger charge is -2.07. The minimum atomic E-state index is -0.288. The van der Waals surface area contributed by atoms with Crippen LogP contribution >= 0.6 is 11.3 Å². The number of carbonyl (C=O) groups excluding carboxylic acids is 2. The first-order chi connectivity index (χ1) is 13.5. The first-order valence-corrected chi connectivity index (χ1v) is 9.78. The maximum Gasteiger partial charge on any atom is 0.262 e. The van der Waals surface area contributed by atoms with Crippen molar-refractivity contribution in [2.45, 2.75) is 39.8 Å². The van der Waals surface area contributed by atoms with Crippen LogP contribution in [0, 0.1) is 13.8 Å². The van der Waals surface area contributed by atoms with Crippen molar-refractivity contribution in [1.29, 1.82) is 0 Å². The highest BCUT2D eigenvalue weighted by atomic mass is 32.1. The standard InChI is InChI=1S/C19H22N4O4S/c1-12-13(2)28-18-17(12)19(26)23(11-22-18)10-16(25)20-7-3-6-15(24)21-9-14-5-4-8-27-14/h4-5,8,11H,3,6-7,9-10H2,1-2H3,(H,20,25)(H,21,24). The molecule has 0 saturated carbocycles. The van der Waals surface area contributed by atoms with E-state index in [2.05, 4.69) is 15.6 Å². The van der Waals surface area contributed by atoms with E-state index in [-0.39, 0.29) is 23.9 Å². The van der Waals surface area contributed by atoms with Crippen molar-refractivity contribution in [3.63, 3.8) is 0 Å². The number of aromatic nitrogens is 2. The number of hydrogen-bond donors (Lipinski definition) is 2. The van der Waals surface area contributed by atoms with E-state index >= 15 is 0 Å². The van der Waals surface area contributed by atoms with Crippen LogP contribution in [0.1, 0.15) is 29.0 Å². The van der Waals surface area contributed by atoms with Gasteiger partial charge in [0, 0.05) is 17.8 Å². The fourth-order valence-electron chi connectivity index (χ4n) is 2.76.